The average Bonchev–Trinajstić information content (AvgIpc) is 2.78. The third-order valence-corrected chi connectivity index (χ3v) is 6.28. The van der Waals surface area contributed by atoms with Gasteiger partial charge in [-0.2, -0.15) is 0 Å². The molecule has 166 valence electrons. The van der Waals surface area contributed by atoms with E-state index in [1.165, 1.54) is 12.1 Å². The van der Waals surface area contributed by atoms with Crippen molar-refractivity contribution in [2.24, 2.45) is 0 Å². The molecule has 8 heteroatoms. The fraction of sp³-hybridized carbons (Fsp3) is 0.375. The topological polar surface area (TPSA) is 98.3 Å². The number of hydrogen-bond donors (Lipinski definition) is 0. The Kier molecular flexibility index (Phi) is 6.03. The van der Waals surface area contributed by atoms with Crippen LogP contribution in [-0.2, 0) is 13.0 Å². The summed E-state index contributed by atoms with van der Waals surface area (Å²) >= 11 is 0. The fourth-order valence-corrected chi connectivity index (χ4v) is 4.23. The highest BCUT2D eigenvalue weighted by atomic mass is 16.6. The smallest absolute Gasteiger partial charge is 0.269 e. The second-order valence-electron chi connectivity index (χ2n) is 8.33. The summed E-state index contributed by atoms with van der Waals surface area (Å²) in [6.07, 6.45) is 4.98. The Bertz CT molecular complexity index is 1250. The number of aryl methyl sites for hydroxylation is 1. The Morgan fingerprint density at radius 2 is 1.94 bits per heavy atom. The fourth-order valence-electron chi connectivity index (χ4n) is 4.23. The van der Waals surface area contributed by atoms with Gasteiger partial charge in [0.1, 0.15) is 5.82 Å². The second-order valence-corrected chi connectivity index (χ2v) is 8.33. The molecular weight excluding hydrogens is 408 g/mol. The molecule has 0 spiro atoms. The van der Waals surface area contributed by atoms with Gasteiger partial charge in [-0.15, -0.1) is 0 Å². The molecule has 0 radical (unpaired) electrons. The van der Waals surface area contributed by atoms with Gasteiger partial charge in [-0.3, -0.25) is 24.3 Å². The Hall–Kier alpha value is -3.55. The number of benzene rings is 2. The summed E-state index contributed by atoms with van der Waals surface area (Å²) < 4.78 is 1.78. The van der Waals surface area contributed by atoms with Crippen LogP contribution in [0.5, 0.6) is 0 Å². The maximum atomic E-state index is 13.2. The first-order chi connectivity index (χ1) is 15.4. The van der Waals surface area contributed by atoms with Crippen molar-refractivity contribution in [1.82, 2.24) is 14.5 Å². The van der Waals surface area contributed by atoms with Gasteiger partial charge in [0, 0.05) is 37.7 Å². The molecule has 0 N–H and O–H groups in total. The number of hydrogen-bond acceptors (Lipinski definition) is 5. The number of nitrogens with zero attached hydrogens (tertiary/aromatic N) is 4. The highest BCUT2D eigenvalue weighted by Gasteiger charge is 2.22. The summed E-state index contributed by atoms with van der Waals surface area (Å²) in [6.45, 7) is 2.51. The number of aromatic nitrogens is 2. The molecule has 1 aromatic heterocycles. The normalized spacial score (nSPS) is 14.8. The first kappa shape index (κ1) is 21.7. The van der Waals surface area contributed by atoms with Crippen molar-refractivity contribution >= 4 is 22.5 Å². The van der Waals surface area contributed by atoms with E-state index in [1.54, 1.807) is 46.8 Å². The Morgan fingerprint density at radius 1 is 1.16 bits per heavy atom. The number of amides is 1. The largest absolute Gasteiger partial charge is 0.335 e. The maximum Gasteiger partial charge on any atom is 0.269 e. The molecule has 1 aliphatic rings. The van der Waals surface area contributed by atoms with Crippen LogP contribution in [0.2, 0.25) is 0 Å². The van der Waals surface area contributed by atoms with Gasteiger partial charge in [0.25, 0.3) is 17.2 Å². The number of carbonyl (C=O) groups is 1. The van der Waals surface area contributed by atoms with Gasteiger partial charge < -0.3 is 4.90 Å². The highest BCUT2D eigenvalue weighted by molar-refractivity contribution is 5.97. The zero-order chi connectivity index (χ0) is 22.8. The van der Waals surface area contributed by atoms with Crippen LogP contribution in [0.15, 0.2) is 47.3 Å². The summed E-state index contributed by atoms with van der Waals surface area (Å²) in [7, 11) is 1.67. The van der Waals surface area contributed by atoms with E-state index < -0.39 is 4.92 Å². The molecule has 2 heterocycles. The first-order valence-corrected chi connectivity index (χ1v) is 10.9. The quantitative estimate of drug-likeness (QED) is 0.451. The van der Waals surface area contributed by atoms with Gasteiger partial charge in [-0.1, -0.05) is 25.0 Å². The van der Waals surface area contributed by atoms with E-state index in [1.807, 2.05) is 6.92 Å². The molecule has 32 heavy (non-hydrogen) atoms. The first-order valence-electron chi connectivity index (χ1n) is 10.9. The van der Waals surface area contributed by atoms with E-state index in [0.717, 1.165) is 37.9 Å². The van der Waals surface area contributed by atoms with E-state index in [4.69, 9.17) is 4.98 Å². The van der Waals surface area contributed by atoms with Crippen molar-refractivity contribution in [2.75, 3.05) is 7.05 Å². The Labute approximate surface area is 185 Å². The van der Waals surface area contributed by atoms with E-state index in [9.17, 15) is 19.7 Å². The highest BCUT2D eigenvalue weighted by Crippen LogP contribution is 2.25. The average molecular weight is 434 g/mol. The molecule has 0 unspecified atom stereocenters. The van der Waals surface area contributed by atoms with Crippen LogP contribution in [0.25, 0.3) is 10.9 Å². The summed E-state index contributed by atoms with van der Waals surface area (Å²) in [5, 5.41) is 11.6. The molecular formula is C24H26N4O4. The molecule has 3 aromatic rings. The van der Waals surface area contributed by atoms with E-state index in [2.05, 4.69) is 0 Å². The van der Waals surface area contributed by atoms with E-state index in [-0.39, 0.29) is 23.2 Å². The van der Waals surface area contributed by atoms with Crippen molar-refractivity contribution < 1.29 is 9.72 Å². The lowest BCUT2D eigenvalue weighted by Crippen LogP contribution is -2.30. The maximum absolute atomic E-state index is 13.2. The second kappa shape index (κ2) is 8.90. The van der Waals surface area contributed by atoms with Crippen LogP contribution in [0, 0.1) is 10.1 Å². The standard InChI is InChI=1S/C24H26N4O4/c1-16(17-8-7-9-19(14-17)28(31)32)26(2)23(29)18-11-12-20-21(15-18)25-22-10-5-3-4-6-13-27(22)24(20)30/h7-9,11-12,14-16H,3-6,10,13H2,1-2H3/t16-/m0/s1. The van der Waals surface area contributed by atoms with Crippen molar-refractivity contribution in [3.63, 3.8) is 0 Å². The van der Waals surface area contributed by atoms with Crippen molar-refractivity contribution in [3.05, 3.63) is 79.9 Å². The molecule has 0 bridgehead atoms. The molecule has 0 saturated carbocycles. The number of nitro benzene ring substituents is 1. The lowest BCUT2D eigenvalue weighted by atomic mass is 10.0. The van der Waals surface area contributed by atoms with Crippen molar-refractivity contribution in [2.45, 2.75) is 51.6 Å². The van der Waals surface area contributed by atoms with Gasteiger partial charge in [-0.05, 0) is 43.5 Å². The molecule has 0 fully saturated rings. The number of carbonyl (C=O) groups excluding carboxylic acids is 1. The van der Waals surface area contributed by atoms with Gasteiger partial charge in [0.05, 0.1) is 21.9 Å². The van der Waals surface area contributed by atoms with Crippen LogP contribution in [-0.4, -0.2) is 32.3 Å². The van der Waals surface area contributed by atoms with Crippen molar-refractivity contribution in [3.8, 4) is 0 Å². The molecule has 1 atom stereocenters. The number of fused-ring (bicyclic) bond motifs is 2. The van der Waals surface area contributed by atoms with Gasteiger partial charge in [0.15, 0.2) is 0 Å². The third-order valence-electron chi connectivity index (χ3n) is 6.28. The predicted molar refractivity (Wildman–Crippen MR) is 122 cm³/mol. The molecule has 1 aliphatic heterocycles. The minimum Gasteiger partial charge on any atom is -0.335 e. The number of rotatable bonds is 4. The van der Waals surface area contributed by atoms with E-state index >= 15 is 0 Å². The van der Waals surface area contributed by atoms with Crippen LogP contribution in [0.3, 0.4) is 0 Å². The van der Waals surface area contributed by atoms with Gasteiger partial charge in [0.2, 0.25) is 0 Å². The minimum atomic E-state index is -0.448. The van der Waals surface area contributed by atoms with E-state index in [0.29, 0.717) is 28.6 Å². The lowest BCUT2D eigenvalue weighted by molar-refractivity contribution is -0.384. The van der Waals surface area contributed by atoms with Crippen LogP contribution < -0.4 is 5.56 Å². The van der Waals surface area contributed by atoms with Gasteiger partial charge in [-0.25, -0.2) is 4.98 Å². The summed E-state index contributed by atoms with van der Waals surface area (Å²) in [6, 6.07) is 10.9. The molecule has 0 aliphatic carbocycles. The zero-order valence-electron chi connectivity index (χ0n) is 18.3. The predicted octanol–water partition coefficient (Wildman–Crippen LogP) is 4.25. The molecule has 2 aromatic carbocycles. The minimum absolute atomic E-state index is 0.0120. The monoisotopic (exact) mass is 434 g/mol. The number of nitro groups is 1. The summed E-state index contributed by atoms with van der Waals surface area (Å²) in [5.41, 5.74) is 1.57. The molecule has 1 amide bonds. The Morgan fingerprint density at radius 3 is 2.72 bits per heavy atom. The summed E-state index contributed by atoms with van der Waals surface area (Å²) in [4.78, 5) is 43.1. The van der Waals surface area contributed by atoms with Crippen molar-refractivity contribution in [1.29, 1.82) is 0 Å². The SMILES string of the molecule is C[C@@H](c1cccc([N+](=O)[O-])c1)N(C)C(=O)c1ccc2c(=O)n3c(nc2c1)CCCCCC3. The zero-order valence-corrected chi connectivity index (χ0v) is 18.3. The van der Waals surface area contributed by atoms with Crippen LogP contribution in [0.1, 0.15) is 60.4 Å². The number of non-ortho nitro benzene ring substituents is 1. The lowest BCUT2D eigenvalue weighted by Gasteiger charge is -2.25. The van der Waals surface area contributed by atoms with Crippen LogP contribution in [0.4, 0.5) is 5.69 Å². The molecule has 0 saturated heterocycles. The molecule has 8 nitrogen and oxygen atoms in total. The Balaban J connectivity index is 1.66. The van der Waals surface area contributed by atoms with Gasteiger partial charge >= 0.3 is 0 Å². The summed E-state index contributed by atoms with van der Waals surface area (Å²) in [5.74, 6) is 0.546. The molecule has 4 rings (SSSR count). The van der Waals surface area contributed by atoms with Crippen LogP contribution >= 0.6 is 0 Å². The third kappa shape index (κ3) is 4.12.